The van der Waals surface area contributed by atoms with Crippen LogP contribution in [0.5, 0.6) is 0 Å². The van der Waals surface area contributed by atoms with Gasteiger partial charge in [0.2, 0.25) is 10.0 Å². The molecule has 1 aromatic carbocycles. The summed E-state index contributed by atoms with van der Waals surface area (Å²) >= 11 is 0. The number of nitrogens with one attached hydrogen (secondary N) is 2. The Labute approximate surface area is 152 Å². The molecule has 8 heteroatoms. The highest BCUT2D eigenvalue weighted by atomic mass is 32.2. The highest BCUT2D eigenvalue weighted by Crippen LogP contribution is 2.35. The fourth-order valence-corrected chi connectivity index (χ4v) is 4.69. The summed E-state index contributed by atoms with van der Waals surface area (Å²) in [7, 11) is -1.60. The summed E-state index contributed by atoms with van der Waals surface area (Å²) in [6.07, 6.45) is 3.50. The third-order valence-electron chi connectivity index (χ3n) is 4.80. The average Bonchev–Trinajstić information content (AvgIpc) is 3.23. The number of carbonyl (C=O) groups is 1. The van der Waals surface area contributed by atoms with Gasteiger partial charge in [0.15, 0.2) is 0 Å². The second kappa shape index (κ2) is 6.39. The van der Waals surface area contributed by atoms with Crippen LogP contribution in [-0.2, 0) is 14.8 Å². The number of fused-ring (bicyclic) bond motifs is 1. The predicted molar refractivity (Wildman–Crippen MR) is 100.0 cm³/mol. The highest BCUT2D eigenvalue weighted by molar-refractivity contribution is 7.89. The third kappa shape index (κ3) is 2.96. The molecule has 2 aliphatic rings. The number of amides is 1. The Balaban J connectivity index is 1.71. The monoisotopic (exact) mass is 372 g/mol. The minimum absolute atomic E-state index is 0.217. The molecule has 3 heterocycles. The molecule has 0 saturated carbocycles. The normalized spacial score (nSPS) is 20.3. The van der Waals surface area contributed by atoms with Crippen LogP contribution >= 0.6 is 0 Å². The number of nitrogens with zero attached hydrogens (tertiary/aromatic N) is 2. The van der Waals surface area contributed by atoms with Crippen LogP contribution in [0.25, 0.3) is 11.6 Å². The summed E-state index contributed by atoms with van der Waals surface area (Å²) in [5.41, 5.74) is 2.48. The first-order valence-corrected chi connectivity index (χ1v) is 9.89. The van der Waals surface area contributed by atoms with Crippen molar-refractivity contribution in [3.63, 3.8) is 0 Å². The summed E-state index contributed by atoms with van der Waals surface area (Å²) in [6, 6.07) is 8.50. The minimum atomic E-state index is -3.58. The molecule has 26 heavy (non-hydrogen) atoms. The topological polar surface area (TPSA) is 85.5 Å². The van der Waals surface area contributed by atoms with E-state index in [1.807, 2.05) is 19.2 Å². The second-order valence-corrected chi connectivity index (χ2v) is 8.49. The van der Waals surface area contributed by atoms with Gasteiger partial charge in [0.05, 0.1) is 10.5 Å². The summed E-state index contributed by atoms with van der Waals surface area (Å²) in [5, 5.41) is 2.79. The number of carbonyl (C=O) groups excluding carboxylic acids is 1. The van der Waals surface area contributed by atoms with Gasteiger partial charge in [-0.25, -0.2) is 8.42 Å². The number of rotatable bonds is 3. The molecule has 0 atom stereocenters. The number of hydrogen-bond donors (Lipinski definition) is 2. The van der Waals surface area contributed by atoms with E-state index in [0.717, 1.165) is 5.69 Å². The van der Waals surface area contributed by atoms with Crippen LogP contribution in [0.15, 0.2) is 41.4 Å². The van der Waals surface area contributed by atoms with E-state index in [1.165, 1.54) is 4.31 Å². The van der Waals surface area contributed by atoms with Crippen molar-refractivity contribution in [2.45, 2.75) is 4.90 Å². The van der Waals surface area contributed by atoms with Gasteiger partial charge in [0.1, 0.15) is 0 Å². The van der Waals surface area contributed by atoms with E-state index in [1.54, 1.807) is 30.5 Å². The van der Waals surface area contributed by atoms with Crippen molar-refractivity contribution in [3.8, 4) is 0 Å². The number of hydrogen-bond acceptors (Lipinski definition) is 4. The fraction of sp³-hybridized carbons (Fsp3) is 0.278. The first kappa shape index (κ1) is 17.0. The van der Waals surface area contributed by atoms with Gasteiger partial charge in [-0.15, -0.1) is 0 Å². The Hall–Kier alpha value is -2.42. The van der Waals surface area contributed by atoms with Gasteiger partial charge < -0.3 is 15.2 Å². The average molecular weight is 372 g/mol. The van der Waals surface area contributed by atoms with Crippen molar-refractivity contribution in [1.29, 1.82) is 0 Å². The molecule has 0 radical (unpaired) electrons. The second-order valence-electron chi connectivity index (χ2n) is 6.55. The van der Waals surface area contributed by atoms with Crippen LogP contribution in [0.1, 0.15) is 11.3 Å². The molecular formula is C18H20N4O3S. The lowest BCUT2D eigenvalue weighted by Crippen LogP contribution is -2.47. The molecule has 0 spiro atoms. The van der Waals surface area contributed by atoms with Crippen LogP contribution in [0.3, 0.4) is 0 Å². The molecule has 2 aliphatic heterocycles. The van der Waals surface area contributed by atoms with Crippen LogP contribution in [0, 0.1) is 0 Å². The van der Waals surface area contributed by atoms with Crippen LogP contribution < -0.4 is 5.32 Å². The Kier molecular flexibility index (Phi) is 4.18. The number of likely N-dealkylation sites (N-methyl/N-ethyl adjacent to an activating group) is 1. The molecule has 0 unspecified atom stereocenters. The summed E-state index contributed by atoms with van der Waals surface area (Å²) in [6.45, 7) is 2.36. The lowest BCUT2D eigenvalue weighted by molar-refractivity contribution is -0.110. The molecule has 0 aliphatic carbocycles. The van der Waals surface area contributed by atoms with E-state index in [4.69, 9.17) is 0 Å². The first-order chi connectivity index (χ1) is 12.4. The van der Waals surface area contributed by atoms with Gasteiger partial charge in [-0.3, -0.25) is 4.79 Å². The number of aromatic amines is 1. The highest BCUT2D eigenvalue weighted by Gasteiger charge is 2.31. The maximum atomic E-state index is 13.0. The smallest absolute Gasteiger partial charge is 0.256 e. The lowest BCUT2D eigenvalue weighted by atomic mass is 10.1. The molecular weight excluding hydrogens is 352 g/mol. The van der Waals surface area contributed by atoms with Crippen LogP contribution in [-0.4, -0.2) is 61.7 Å². The molecule has 4 rings (SSSR count). The van der Waals surface area contributed by atoms with Crippen LogP contribution in [0.2, 0.25) is 0 Å². The summed E-state index contributed by atoms with van der Waals surface area (Å²) < 4.78 is 27.5. The maximum Gasteiger partial charge on any atom is 0.256 e. The lowest BCUT2D eigenvalue weighted by Gasteiger charge is -2.31. The zero-order valence-corrected chi connectivity index (χ0v) is 15.2. The van der Waals surface area contributed by atoms with E-state index in [2.05, 4.69) is 15.2 Å². The number of H-pyrrole nitrogens is 1. The van der Waals surface area contributed by atoms with Crippen molar-refractivity contribution in [1.82, 2.24) is 14.2 Å². The molecule has 1 amide bonds. The van der Waals surface area contributed by atoms with Crippen molar-refractivity contribution in [2.75, 3.05) is 38.5 Å². The van der Waals surface area contributed by atoms with Gasteiger partial charge >= 0.3 is 0 Å². The van der Waals surface area contributed by atoms with Crippen molar-refractivity contribution < 1.29 is 13.2 Å². The van der Waals surface area contributed by atoms with Crippen molar-refractivity contribution >= 4 is 33.3 Å². The number of piperazine rings is 1. The number of anilines is 1. The fourth-order valence-electron chi connectivity index (χ4n) is 3.24. The summed E-state index contributed by atoms with van der Waals surface area (Å²) in [4.78, 5) is 17.6. The maximum absolute atomic E-state index is 13.0. The van der Waals surface area contributed by atoms with Crippen molar-refractivity contribution in [2.24, 2.45) is 0 Å². The molecule has 1 saturated heterocycles. The van der Waals surface area contributed by atoms with E-state index in [-0.39, 0.29) is 10.8 Å². The Morgan fingerprint density at radius 1 is 1.12 bits per heavy atom. The minimum Gasteiger partial charge on any atom is -0.362 e. The summed E-state index contributed by atoms with van der Waals surface area (Å²) in [5.74, 6) is -0.233. The SMILES string of the molecule is CN1CCN(S(=O)(=O)c2ccc3c(c2)/C(=C/c2ccc[nH]2)C(=O)N3)CC1. The molecule has 0 bridgehead atoms. The number of sulfonamides is 1. The zero-order valence-electron chi connectivity index (χ0n) is 14.4. The van der Waals surface area contributed by atoms with E-state index >= 15 is 0 Å². The van der Waals surface area contributed by atoms with Gasteiger partial charge in [0.25, 0.3) is 5.91 Å². The van der Waals surface area contributed by atoms with E-state index in [0.29, 0.717) is 43.0 Å². The Morgan fingerprint density at radius 3 is 2.58 bits per heavy atom. The third-order valence-corrected chi connectivity index (χ3v) is 6.69. The molecule has 1 aromatic heterocycles. The zero-order chi connectivity index (χ0) is 18.3. The molecule has 136 valence electrons. The van der Waals surface area contributed by atoms with E-state index in [9.17, 15) is 13.2 Å². The largest absolute Gasteiger partial charge is 0.362 e. The van der Waals surface area contributed by atoms with Gasteiger partial charge in [-0.05, 0) is 43.5 Å². The van der Waals surface area contributed by atoms with E-state index < -0.39 is 10.0 Å². The van der Waals surface area contributed by atoms with Crippen LogP contribution in [0.4, 0.5) is 5.69 Å². The molecule has 2 aromatic rings. The molecule has 1 fully saturated rings. The Bertz CT molecular complexity index is 972. The quantitative estimate of drug-likeness (QED) is 0.799. The molecule has 2 N–H and O–H groups in total. The molecule has 7 nitrogen and oxygen atoms in total. The first-order valence-electron chi connectivity index (χ1n) is 8.45. The number of aromatic nitrogens is 1. The van der Waals surface area contributed by atoms with Crippen molar-refractivity contribution in [3.05, 3.63) is 47.8 Å². The van der Waals surface area contributed by atoms with Gasteiger partial charge in [-0.1, -0.05) is 0 Å². The van der Waals surface area contributed by atoms with Gasteiger partial charge in [-0.2, -0.15) is 4.31 Å². The standard InChI is InChI=1S/C18H20N4O3S/c1-21-7-9-22(10-8-21)26(24,25)14-4-5-17-15(12-14)16(18(23)20-17)11-13-3-2-6-19-13/h2-6,11-12,19H,7-10H2,1H3,(H,20,23)/b16-11-. The number of benzene rings is 1. The predicted octanol–water partition coefficient (Wildman–Crippen LogP) is 1.44. The Morgan fingerprint density at radius 2 is 1.88 bits per heavy atom. The van der Waals surface area contributed by atoms with Gasteiger partial charge in [0, 0.05) is 49.3 Å².